The van der Waals surface area contributed by atoms with Crippen molar-refractivity contribution < 1.29 is 0 Å². The van der Waals surface area contributed by atoms with E-state index in [9.17, 15) is 0 Å². The van der Waals surface area contributed by atoms with Crippen molar-refractivity contribution in [1.29, 1.82) is 0 Å². The zero-order chi connectivity index (χ0) is 29.1. The van der Waals surface area contributed by atoms with Crippen LogP contribution in [-0.2, 0) is 0 Å². The highest BCUT2D eigenvalue weighted by Crippen LogP contribution is 2.61. The zero-order valence-electron chi connectivity index (χ0n) is 27.5. The first-order valence-electron chi connectivity index (χ1n) is 15.7. The van der Waals surface area contributed by atoms with Crippen molar-refractivity contribution in [2.75, 3.05) is 34.5 Å². The van der Waals surface area contributed by atoms with Gasteiger partial charge in [-0.05, 0) is 104 Å². The summed E-state index contributed by atoms with van der Waals surface area (Å²) < 4.78 is 0. The second kappa shape index (κ2) is 13.3. The highest BCUT2D eigenvalue weighted by molar-refractivity contribution is 8.34. The third-order valence-electron chi connectivity index (χ3n) is 7.46. The molecule has 0 radical (unpaired) electrons. The standard InChI is InChI=1S/C36H61NS2/c1-25(2)19-38(20-26(3)4,21-27(5)6)31-13-15-33-34-16-14-32(18-36(34)37-35(33)17-31)39(22-28(7)8,23-29(9)10)24-30(11)12/h13-18,25-30,37H,19-24H2,1-12H3. The molecule has 0 spiro atoms. The topological polar surface area (TPSA) is 15.8 Å². The van der Waals surface area contributed by atoms with Gasteiger partial charge in [0.1, 0.15) is 0 Å². The molecule has 0 unspecified atom stereocenters. The third-order valence-corrected chi connectivity index (χ3v) is 17.8. The van der Waals surface area contributed by atoms with E-state index in [1.54, 1.807) is 9.79 Å². The molecule has 3 aromatic rings. The third kappa shape index (κ3) is 8.03. The minimum Gasteiger partial charge on any atom is -0.354 e. The van der Waals surface area contributed by atoms with Crippen molar-refractivity contribution in [2.45, 2.75) is 92.9 Å². The van der Waals surface area contributed by atoms with Crippen LogP contribution >= 0.6 is 20.1 Å². The van der Waals surface area contributed by atoms with Crippen molar-refractivity contribution in [3.8, 4) is 0 Å². The van der Waals surface area contributed by atoms with Crippen molar-refractivity contribution in [3.05, 3.63) is 36.4 Å². The van der Waals surface area contributed by atoms with E-state index in [-0.39, 0.29) is 0 Å². The highest BCUT2D eigenvalue weighted by Gasteiger charge is 2.31. The average molecular weight is 572 g/mol. The Labute approximate surface area is 245 Å². The van der Waals surface area contributed by atoms with Crippen molar-refractivity contribution in [1.82, 2.24) is 4.98 Å². The van der Waals surface area contributed by atoms with Crippen LogP contribution in [0.4, 0.5) is 0 Å². The molecule has 1 N–H and O–H groups in total. The van der Waals surface area contributed by atoms with Crippen LogP contribution in [0.5, 0.6) is 0 Å². The predicted molar refractivity (Wildman–Crippen MR) is 186 cm³/mol. The van der Waals surface area contributed by atoms with Crippen molar-refractivity contribution in [2.24, 2.45) is 35.5 Å². The Morgan fingerprint density at radius 2 is 0.692 bits per heavy atom. The molecule has 1 nitrogen and oxygen atoms in total. The number of benzene rings is 2. The molecule has 0 aliphatic rings. The monoisotopic (exact) mass is 571 g/mol. The minimum absolute atomic E-state index is 0.720. The summed E-state index contributed by atoms with van der Waals surface area (Å²) in [6.07, 6.45) is 0. The normalized spacial score (nSPS) is 14.4. The summed E-state index contributed by atoms with van der Waals surface area (Å²) in [5, 5.41) is 2.79. The second-order valence-corrected chi connectivity index (χ2v) is 22.1. The summed E-state index contributed by atoms with van der Waals surface area (Å²) >= 11 is 0. The number of aromatic nitrogens is 1. The molecule has 0 fully saturated rings. The lowest BCUT2D eigenvalue weighted by Crippen LogP contribution is -2.23. The molecule has 0 aliphatic carbocycles. The highest BCUT2D eigenvalue weighted by atomic mass is 32.3. The summed E-state index contributed by atoms with van der Waals surface area (Å²) in [4.78, 5) is 7.19. The Kier molecular flexibility index (Phi) is 11.1. The van der Waals surface area contributed by atoms with Crippen LogP contribution < -0.4 is 0 Å². The van der Waals surface area contributed by atoms with Crippen molar-refractivity contribution in [3.63, 3.8) is 0 Å². The molecule has 2 aromatic carbocycles. The number of nitrogens with one attached hydrogen (secondary N) is 1. The molecule has 0 saturated heterocycles. The van der Waals surface area contributed by atoms with Crippen LogP contribution in [0.2, 0.25) is 0 Å². The van der Waals surface area contributed by atoms with Crippen LogP contribution in [0, 0.1) is 35.5 Å². The summed E-state index contributed by atoms with van der Waals surface area (Å²) in [7, 11) is -1.78. The minimum atomic E-state index is -0.890. The quantitative estimate of drug-likeness (QED) is 0.198. The van der Waals surface area contributed by atoms with E-state index in [0.717, 1.165) is 35.5 Å². The van der Waals surface area contributed by atoms with Gasteiger partial charge in [-0.15, -0.1) is 0 Å². The Morgan fingerprint density at radius 3 is 0.923 bits per heavy atom. The number of aromatic amines is 1. The lowest BCUT2D eigenvalue weighted by atomic mass is 10.1. The Bertz CT molecular complexity index is 1050. The van der Waals surface area contributed by atoms with Crippen molar-refractivity contribution >= 4 is 41.9 Å². The molecule has 0 amide bonds. The van der Waals surface area contributed by atoms with Gasteiger partial charge in [0, 0.05) is 21.8 Å². The van der Waals surface area contributed by atoms with Gasteiger partial charge in [0.15, 0.2) is 0 Å². The van der Waals surface area contributed by atoms with E-state index >= 15 is 0 Å². The molecule has 0 saturated carbocycles. The SMILES string of the molecule is CC(C)CS(CC(C)C)(CC(C)C)c1ccc2c(c1)[nH]c1cc(S(CC(C)C)(CC(C)C)CC(C)C)ccc12. The number of hydrogen-bond acceptors (Lipinski definition) is 0. The van der Waals surface area contributed by atoms with Gasteiger partial charge in [-0.3, -0.25) is 0 Å². The average Bonchev–Trinajstić information content (AvgIpc) is 3.13. The first-order valence-corrected chi connectivity index (χ1v) is 20.0. The van der Waals surface area contributed by atoms with Gasteiger partial charge >= 0.3 is 0 Å². The van der Waals surface area contributed by atoms with Crippen LogP contribution in [0.15, 0.2) is 46.2 Å². The smallest absolute Gasteiger partial charge is 0.0475 e. The lowest BCUT2D eigenvalue weighted by Gasteiger charge is -2.45. The van der Waals surface area contributed by atoms with Gasteiger partial charge < -0.3 is 4.98 Å². The maximum absolute atomic E-state index is 3.95. The van der Waals surface area contributed by atoms with Gasteiger partial charge in [-0.2, -0.15) is 0 Å². The van der Waals surface area contributed by atoms with E-state index < -0.39 is 20.1 Å². The molecule has 3 heteroatoms. The van der Waals surface area contributed by atoms with Crippen LogP contribution in [0.25, 0.3) is 21.8 Å². The van der Waals surface area contributed by atoms with Crippen LogP contribution in [0.1, 0.15) is 83.1 Å². The van der Waals surface area contributed by atoms with Gasteiger partial charge in [0.2, 0.25) is 0 Å². The van der Waals surface area contributed by atoms with E-state index in [1.807, 2.05) is 0 Å². The second-order valence-electron chi connectivity index (χ2n) is 15.0. The first kappa shape index (κ1) is 32.5. The first-order chi connectivity index (χ1) is 18.2. The molecule has 39 heavy (non-hydrogen) atoms. The van der Waals surface area contributed by atoms with Gasteiger partial charge in [-0.25, -0.2) is 20.1 Å². The summed E-state index contributed by atoms with van der Waals surface area (Å²) in [6, 6.07) is 15.0. The van der Waals surface area contributed by atoms with E-state index in [4.69, 9.17) is 0 Å². The molecular formula is C36H61NS2. The lowest BCUT2D eigenvalue weighted by molar-refractivity contribution is 0.694. The number of fused-ring (bicyclic) bond motifs is 3. The molecule has 0 atom stereocenters. The maximum atomic E-state index is 3.95. The molecule has 3 rings (SSSR count). The molecule has 1 aromatic heterocycles. The fraction of sp³-hybridized carbons (Fsp3) is 0.667. The van der Waals surface area contributed by atoms with E-state index in [0.29, 0.717) is 0 Å². The molecule has 222 valence electrons. The fourth-order valence-corrected chi connectivity index (χ4v) is 18.3. The zero-order valence-corrected chi connectivity index (χ0v) is 29.1. The van der Waals surface area contributed by atoms with Gasteiger partial charge in [0.25, 0.3) is 0 Å². The van der Waals surface area contributed by atoms with Crippen LogP contribution in [-0.4, -0.2) is 39.5 Å². The predicted octanol–water partition coefficient (Wildman–Crippen LogP) is 11.6. The molecular weight excluding hydrogens is 511 g/mol. The van der Waals surface area contributed by atoms with E-state index in [1.165, 1.54) is 56.3 Å². The van der Waals surface area contributed by atoms with E-state index in [2.05, 4.69) is 124 Å². The van der Waals surface area contributed by atoms with Gasteiger partial charge in [0.05, 0.1) is 0 Å². The van der Waals surface area contributed by atoms with Crippen LogP contribution in [0.3, 0.4) is 0 Å². The number of H-pyrrole nitrogens is 1. The Balaban J connectivity index is 2.19. The summed E-state index contributed by atoms with van der Waals surface area (Å²) in [5.41, 5.74) is 2.68. The largest absolute Gasteiger partial charge is 0.354 e. The fourth-order valence-electron chi connectivity index (χ4n) is 7.22. The number of hydrogen-bond donors (Lipinski definition) is 1. The summed E-state index contributed by atoms with van der Waals surface area (Å²) in [5.74, 6) is 12.3. The molecule has 0 bridgehead atoms. The molecule has 1 heterocycles. The van der Waals surface area contributed by atoms with Gasteiger partial charge in [-0.1, -0.05) is 95.2 Å². The Morgan fingerprint density at radius 1 is 0.436 bits per heavy atom. The summed E-state index contributed by atoms with van der Waals surface area (Å²) in [6.45, 7) is 29.1. The number of rotatable bonds is 14. The maximum Gasteiger partial charge on any atom is 0.0475 e. The Hall–Kier alpha value is -1.06. The molecule has 0 aliphatic heterocycles.